The standard InChI is InChI=1S/C22H21FN2O5S2/c1-17(26)24-22(18-12-14-19(23)15-13-18)16-25(31(27,28)20-8-4-2-5-9-20)32(29,30)21-10-6-3-7-11-21/h2-15,22H,16H2,1H3,(H,24,26). The predicted molar refractivity (Wildman–Crippen MR) is 117 cm³/mol. The van der Waals surface area contributed by atoms with E-state index in [9.17, 15) is 26.0 Å². The highest BCUT2D eigenvalue weighted by molar-refractivity contribution is 8.04. The van der Waals surface area contributed by atoms with E-state index >= 15 is 0 Å². The summed E-state index contributed by atoms with van der Waals surface area (Å²) in [6.45, 7) is 0.595. The van der Waals surface area contributed by atoms with Crippen molar-refractivity contribution in [1.82, 2.24) is 9.03 Å². The minimum absolute atomic E-state index is 0.222. The van der Waals surface area contributed by atoms with Crippen LogP contribution >= 0.6 is 0 Å². The van der Waals surface area contributed by atoms with E-state index in [1.807, 2.05) is 0 Å². The van der Waals surface area contributed by atoms with Gasteiger partial charge in [-0.3, -0.25) is 4.79 Å². The normalized spacial score (nSPS) is 13.0. The zero-order chi connectivity index (χ0) is 23.4. The Kier molecular flexibility index (Phi) is 7.07. The van der Waals surface area contributed by atoms with Crippen molar-refractivity contribution >= 4 is 26.0 Å². The molecule has 0 bridgehead atoms. The van der Waals surface area contributed by atoms with Gasteiger partial charge >= 0.3 is 0 Å². The maximum atomic E-state index is 13.4. The second-order valence-corrected chi connectivity index (χ2v) is 10.9. The van der Waals surface area contributed by atoms with Crippen molar-refractivity contribution in [2.24, 2.45) is 0 Å². The Morgan fingerprint density at radius 2 is 1.25 bits per heavy atom. The Hall–Kier alpha value is -3.08. The van der Waals surface area contributed by atoms with Gasteiger partial charge in [-0.25, -0.2) is 21.2 Å². The van der Waals surface area contributed by atoms with E-state index in [0.29, 0.717) is 9.27 Å². The summed E-state index contributed by atoms with van der Waals surface area (Å²) in [5.41, 5.74) is 0.345. The largest absolute Gasteiger partial charge is 0.348 e. The number of hydrogen-bond donors (Lipinski definition) is 1. The molecule has 32 heavy (non-hydrogen) atoms. The molecule has 1 unspecified atom stereocenters. The molecule has 7 nitrogen and oxygen atoms in total. The van der Waals surface area contributed by atoms with Crippen LogP contribution in [-0.2, 0) is 24.8 Å². The number of hydrogen-bond acceptors (Lipinski definition) is 5. The Morgan fingerprint density at radius 3 is 1.66 bits per heavy atom. The van der Waals surface area contributed by atoms with Crippen LogP contribution in [0.15, 0.2) is 94.7 Å². The van der Waals surface area contributed by atoms with E-state index in [0.717, 1.165) is 12.1 Å². The first-order valence-corrected chi connectivity index (χ1v) is 12.4. The monoisotopic (exact) mass is 476 g/mol. The summed E-state index contributed by atoms with van der Waals surface area (Å²) in [6.07, 6.45) is 0. The second-order valence-electron chi connectivity index (χ2n) is 6.90. The number of halogens is 1. The third kappa shape index (κ3) is 5.21. The lowest BCUT2D eigenvalue weighted by molar-refractivity contribution is -0.119. The Balaban J connectivity index is 2.15. The molecule has 0 saturated heterocycles. The van der Waals surface area contributed by atoms with Crippen LogP contribution in [0.4, 0.5) is 4.39 Å². The highest BCUT2D eigenvalue weighted by Gasteiger charge is 2.38. The lowest BCUT2D eigenvalue weighted by Gasteiger charge is -2.27. The third-order valence-corrected chi connectivity index (χ3v) is 8.88. The van der Waals surface area contributed by atoms with E-state index in [1.54, 1.807) is 12.1 Å². The highest BCUT2D eigenvalue weighted by atomic mass is 32.3. The number of carbonyl (C=O) groups is 1. The van der Waals surface area contributed by atoms with Crippen LogP contribution in [0.3, 0.4) is 0 Å². The fraction of sp³-hybridized carbons (Fsp3) is 0.136. The van der Waals surface area contributed by atoms with Crippen LogP contribution in [0.5, 0.6) is 0 Å². The maximum absolute atomic E-state index is 13.4. The Labute approximate surface area is 186 Å². The van der Waals surface area contributed by atoms with Crippen LogP contribution in [-0.4, -0.2) is 33.0 Å². The van der Waals surface area contributed by atoms with Crippen LogP contribution in [0.2, 0.25) is 0 Å². The average Bonchev–Trinajstić information content (AvgIpc) is 2.78. The summed E-state index contributed by atoms with van der Waals surface area (Å²) in [5, 5.41) is 2.56. The molecule has 3 aromatic carbocycles. The fourth-order valence-corrected chi connectivity index (χ4v) is 6.78. The summed E-state index contributed by atoms with van der Waals surface area (Å²) in [5.74, 6) is -1.03. The van der Waals surface area contributed by atoms with Crippen molar-refractivity contribution < 1.29 is 26.0 Å². The summed E-state index contributed by atoms with van der Waals surface area (Å²) < 4.78 is 67.5. The Bertz CT molecular complexity index is 1210. The summed E-state index contributed by atoms with van der Waals surface area (Å²) in [4.78, 5) is 11.4. The predicted octanol–water partition coefficient (Wildman–Crippen LogP) is 3.08. The van der Waals surface area contributed by atoms with Gasteiger partial charge in [0.25, 0.3) is 20.0 Å². The van der Waals surface area contributed by atoms with Gasteiger partial charge in [0.15, 0.2) is 0 Å². The zero-order valence-electron chi connectivity index (χ0n) is 17.1. The molecule has 3 rings (SSSR count). The Morgan fingerprint density at radius 1 is 0.812 bits per heavy atom. The van der Waals surface area contributed by atoms with Crippen molar-refractivity contribution in [3.8, 4) is 0 Å². The number of carbonyl (C=O) groups excluding carboxylic acids is 1. The van der Waals surface area contributed by atoms with Gasteiger partial charge < -0.3 is 5.32 Å². The molecule has 168 valence electrons. The van der Waals surface area contributed by atoms with E-state index < -0.39 is 44.4 Å². The van der Waals surface area contributed by atoms with Crippen LogP contribution in [0.25, 0.3) is 0 Å². The van der Waals surface area contributed by atoms with Crippen molar-refractivity contribution in [1.29, 1.82) is 0 Å². The summed E-state index contributed by atoms with van der Waals surface area (Å²) >= 11 is 0. The molecule has 0 aromatic heterocycles. The SMILES string of the molecule is CC(=O)NC(CN(S(=O)(=O)c1ccccc1)S(=O)(=O)c1ccccc1)c1ccc(F)cc1. The molecule has 10 heteroatoms. The van der Waals surface area contributed by atoms with Crippen molar-refractivity contribution in [2.45, 2.75) is 22.8 Å². The first kappa shape index (κ1) is 23.6. The maximum Gasteiger partial charge on any atom is 0.256 e. The van der Waals surface area contributed by atoms with Crippen molar-refractivity contribution in [2.75, 3.05) is 6.54 Å². The van der Waals surface area contributed by atoms with Crippen LogP contribution < -0.4 is 5.32 Å². The smallest absolute Gasteiger partial charge is 0.256 e. The molecule has 0 heterocycles. The van der Waals surface area contributed by atoms with E-state index in [-0.39, 0.29) is 9.79 Å². The zero-order valence-corrected chi connectivity index (χ0v) is 18.7. The fourth-order valence-electron chi connectivity index (χ4n) is 3.07. The van der Waals surface area contributed by atoms with E-state index in [2.05, 4.69) is 5.32 Å². The van der Waals surface area contributed by atoms with Gasteiger partial charge in [-0.15, -0.1) is 0 Å². The van der Waals surface area contributed by atoms with Gasteiger partial charge in [0.2, 0.25) is 5.91 Å². The first-order chi connectivity index (χ1) is 15.1. The number of sulfonamides is 2. The van der Waals surface area contributed by atoms with Gasteiger partial charge in [0.05, 0.1) is 22.4 Å². The summed E-state index contributed by atoms with van der Waals surface area (Å²) in [6, 6.07) is 18.2. The van der Waals surface area contributed by atoms with Gasteiger partial charge in [-0.1, -0.05) is 52.2 Å². The minimum atomic E-state index is -4.53. The molecule has 0 aliphatic heterocycles. The van der Waals surface area contributed by atoms with Gasteiger partial charge in [-0.2, -0.15) is 0 Å². The van der Waals surface area contributed by atoms with Gasteiger partial charge in [-0.05, 0) is 42.0 Å². The molecule has 0 aliphatic rings. The molecule has 0 saturated carbocycles. The first-order valence-electron chi connectivity index (χ1n) is 9.53. The molecule has 0 spiro atoms. The number of nitrogens with one attached hydrogen (secondary N) is 1. The van der Waals surface area contributed by atoms with E-state index in [4.69, 9.17) is 0 Å². The second kappa shape index (κ2) is 9.60. The molecule has 0 radical (unpaired) electrons. The lowest BCUT2D eigenvalue weighted by Crippen LogP contribution is -2.43. The lowest BCUT2D eigenvalue weighted by atomic mass is 10.1. The topological polar surface area (TPSA) is 101 Å². The molecule has 1 amide bonds. The van der Waals surface area contributed by atoms with Gasteiger partial charge in [0, 0.05) is 6.92 Å². The molecule has 3 aromatic rings. The molecular formula is C22H21FN2O5S2. The van der Waals surface area contributed by atoms with Crippen molar-refractivity contribution in [3.63, 3.8) is 0 Å². The van der Waals surface area contributed by atoms with E-state index in [1.165, 1.54) is 67.6 Å². The van der Waals surface area contributed by atoms with Crippen LogP contribution in [0, 0.1) is 5.82 Å². The number of nitrogens with zero attached hydrogens (tertiary/aromatic N) is 1. The van der Waals surface area contributed by atoms with Crippen molar-refractivity contribution in [3.05, 3.63) is 96.3 Å². The highest BCUT2D eigenvalue weighted by Crippen LogP contribution is 2.27. The third-order valence-electron chi connectivity index (χ3n) is 4.60. The number of amides is 1. The number of rotatable bonds is 8. The molecule has 1 atom stereocenters. The average molecular weight is 477 g/mol. The minimum Gasteiger partial charge on any atom is -0.348 e. The quantitative estimate of drug-likeness (QED) is 0.539. The summed E-state index contributed by atoms with van der Waals surface area (Å²) in [7, 11) is -9.07. The van der Waals surface area contributed by atoms with Gasteiger partial charge in [0.1, 0.15) is 5.82 Å². The molecular weight excluding hydrogens is 455 g/mol. The number of benzene rings is 3. The molecule has 0 fully saturated rings. The molecule has 0 aliphatic carbocycles. The molecule has 1 N–H and O–H groups in total. The van der Waals surface area contributed by atoms with Crippen LogP contribution in [0.1, 0.15) is 18.5 Å².